The number of nitrogen functional groups attached to an aromatic ring is 1. The third-order valence-corrected chi connectivity index (χ3v) is 7.90. The van der Waals surface area contributed by atoms with E-state index in [-0.39, 0.29) is 17.7 Å². The standard InChI is InChI=1S/C30H32N8O2/c31-24-14-21(6-7-22(24)17-33-16-19-4-2-1-3-5-19)23-15-26(38-28(23)29(32)34-18-35-38)20-10-12-37(13-11-20)30(40)25-8-9-27(39)36-25/h1-7,14-15,17-18,20,25,31,33H,8-13,16H2,(H,36,39)(H2,32,34,35)/b22-17-,31-24?. The van der Waals surface area contributed by atoms with E-state index in [4.69, 9.17) is 11.1 Å². The number of amides is 2. The molecule has 5 N–H and O–H groups in total. The highest BCUT2D eigenvalue weighted by molar-refractivity contribution is 6.16. The second-order valence-electron chi connectivity index (χ2n) is 10.5. The highest BCUT2D eigenvalue weighted by atomic mass is 16.2. The van der Waals surface area contributed by atoms with Gasteiger partial charge in [0.25, 0.3) is 0 Å². The zero-order valence-corrected chi connectivity index (χ0v) is 22.1. The Morgan fingerprint density at radius 3 is 2.70 bits per heavy atom. The number of rotatable bonds is 6. The summed E-state index contributed by atoms with van der Waals surface area (Å²) in [4.78, 5) is 30.5. The SMILES string of the molecule is N=C1C=C(c2cc(C3CCN(C(=O)C4CCC(=O)N4)CC3)n3ncnc(N)c23)C=C/C1=C/NCc1ccccc1. The first-order chi connectivity index (χ1) is 19.5. The predicted octanol–water partition coefficient (Wildman–Crippen LogP) is 2.94. The van der Waals surface area contributed by atoms with Crippen molar-refractivity contribution in [3.05, 3.63) is 89.5 Å². The maximum absolute atomic E-state index is 12.9. The second kappa shape index (κ2) is 10.8. The molecule has 4 heterocycles. The lowest BCUT2D eigenvalue weighted by atomic mass is 9.91. The molecule has 1 aromatic carbocycles. The van der Waals surface area contributed by atoms with Crippen molar-refractivity contribution in [2.24, 2.45) is 0 Å². The molecule has 2 saturated heterocycles. The first kappa shape index (κ1) is 25.5. The predicted molar refractivity (Wildman–Crippen MR) is 153 cm³/mol. The van der Waals surface area contributed by atoms with Gasteiger partial charge in [0.1, 0.15) is 17.9 Å². The van der Waals surface area contributed by atoms with Gasteiger partial charge in [-0.2, -0.15) is 5.10 Å². The monoisotopic (exact) mass is 536 g/mol. The van der Waals surface area contributed by atoms with E-state index in [1.807, 2.05) is 52.0 Å². The normalized spacial score (nSPS) is 20.7. The summed E-state index contributed by atoms with van der Waals surface area (Å²) in [6.07, 6.45) is 11.7. The Morgan fingerprint density at radius 1 is 1.18 bits per heavy atom. The average Bonchev–Trinajstić information content (AvgIpc) is 3.59. The molecule has 6 rings (SSSR count). The van der Waals surface area contributed by atoms with Crippen LogP contribution in [-0.4, -0.2) is 56.2 Å². The van der Waals surface area contributed by atoms with Crippen LogP contribution in [0.4, 0.5) is 5.82 Å². The van der Waals surface area contributed by atoms with E-state index in [9.17, 15) is 9.59 Å². The molecule has 1 aliphatic carbocycles. The molecule has 1 unspecified atom stereocenters. The van der Waals surface area contributed by atoms with E-state index in [1.54, 1.807) is 0 Å². The molecule has 1 atom stereocenters. The molecule has 10 heteroatoms. The van der Waals surface area contributed by atoms with Gasteiger partial charge in [-0.25, -0.2) is 9.50 Å². The third kappa shape index (κ3) is 5.00. The summed E-state index contributed by atoms with van der Waals surface area (Å²) < 4.78 is 1.86. The summed E-state index contributed by atoms with van der Waals surface area (Å²) in [7, 11) is 0. The zero-order valence-electron chi connectivity index (χ0n) is 22.1. The summed E-state index contributed by atoms with van der Waals surface area (Å²) in [6, 6.07) is 11.8. The maximum atomic E-state index is 12.9. The number of fused-ring (bicyclic) bond motifs is 1. The van der Waals surface area contributed by atoms with E-state index in [2.05, 4.69) is 38.9 Å². The zero-order chi connectivity index (χ0) is 27.6. The summed E-state index contributed by atoms with van der Waals surface area (Å²) in [5.41, 5.74) is 12.2. The molecule has 2 fully saturated rings. The van der Waals surface area contributed by atoms with Crippen molar-refractivity contribution < 1.29 is 9.59 Å². The van der Waals surface area contributed by atoms with Crippen LogP contribution >= 0.6 is 0 Å². The molecule has 2 aromatic heterocycles. The largest absolute Gasteiger partial charge is 0.386 e. The van der Waals surface area contributed by atoms with Gasteiger partial charge in [0.2, 0.25) is 11.8 Å². The first-order valence-corrected chi connectivity index (χ1v) is 13.6. The number of likely N-dealkylation sites (tertiary alicyclic amines) is 1. The molecule has 3 aliphatic rings. The lowest BCUT2D eigenvalue weighted by molar-refractivity contribution is -0.135. The van der Waals surface area contributed by atoms with Crippen molar-refractivity contribution in [3.63, 3.8) is 0 Å². The Morgan fingerprint density at radius 2 is 1.98 bits per heavy atom. The van der Waals surface area contributed by atoms with E-state index >= 15 is 0 Å². The Kier molecular flexibility index (Phi) is 6.90. The summed E-state index contributed by atoms with van der Waals surface area (Å²) in [5.74, 6) is 0.521. The quantitative estimate of drug-likeness (QED) is 0.382. The summed E-state index contributed by atoms with van der Waals surface area (Å²) in [6.45, 7) is 1.93. The number of carbonyl (C=O) groups excluding carboxylic acids is 2. The van der Waals surface area contributed by atoms with Crippen LogP contribution in [0.25, 0.3) is 11.1 Å². The van der Waals surface area contributed by atoms with Gasteiger partial charge in [0.15, 0.2) is 5.82 Å². The number of benzene rings is 1. The molecule has 0 saturated carbocycles. The van der Waals surface area contributed by atoms with E-state index in [0.29, 0.717) is 44.0 Å². The van der Waals surface area contributed by atoms with Crippen LogP contribution in [0.1, 0.15) is 48.4 Å². The van der Waals surface area contributed by atoms with Gasteiger partial charge >= 0.3 is 0 Å². The van der Waals surface area contributed by atoms with Crippen molar-refractivity contribution in [3.8, 4) is 0 Å². The van der Waals surface area contributed by atoms with Crippen molar-refractivity contribution in [2.45, 2.75) is 44.2 Å². The van der Waals surface area contributed by atoms with E-state index in [1.165, 1.54) is 11.9 Å². The molecule has 3 aromatic rings. The Balaban J connectivity index is 1.19. The minimum absolute atomic E-state index is 0.00898. The summed E-state index contributed by atoms with van der Waals surface area (Å²) in [5, 5.41) is 19.3. The molecule has 0 spiro atoms. The molecular weight excluding hydrogens is 504 g/mol. The molecule has 204 valence electrons. The van der Waals surface area contributed by atoms with Crippen molar-refractivity contribution in [1.29, 1.82) is 5.41 Å². The number of anilines is 1. The van der Waals surface area contributed by atoms with Gasteiger partial charge in [0.05, 0.1) is 5.71 Å². The van der Waals surface area contributed by atoms with E-state index in [0.717, 1.165) is 40.8 Å². The molecule has 2 amide bonds. The highest BCUT2D eigenvalue weighted by Crippen LogP contribution is 2.36. The van der Waals surface area contributed by atoms with Gasteiger partial charge in [-0.1, -0.05) is 42.5 Å². The number of aromatic nitrogens is 3. The molecule has 0 radical (unpaired) electrons. The average molecular weight is 537 g/mol. The van der Waals surface area contributed by atoms with Gasteiger partial charge in [-0.3, -0.25) is 9.59 Å². The van der Waals surface area contributed by atoms with Crippen LogP contribution in [0.5, 0.6) is 0 Å². The van der Waals surface area contributed by atoms with Crippen LogP contribution in [-0.2, 0) is 16.1 Å². The topological polar surface area (TPSA) is 142 Å². The lowest BCUT2D eigenvalue weighted by Crippen LogP contribution is -2.47. The van der Waals surface area contributed by atoms with Crippen LogP contribution in [0.15, 0.2) is 72.7 Å². The number of hydrogen-bond acceptors (Lipinski definition) is 7. The molecule has 2 aliphatic heterocycles. The molecule has 10 nitrogen and oxygen atoms in total. The molecule has 40 heavy (non-hydrogen) atoms. The number of piperidine rings is 1. The molecular formula is C30H32N8O2. The Hall–Kier alpha value is -4.73. The van der Waals surface area contributed by atoms with Crippen molar-refractivity contribution in [2.75, 3.05) is 18.8 Å². The fourth-order valence-electron chi connectivity index (χ4n) is 5.74. The van der Waals surface area contributed by atoms with Crippen LogP contribution in [0, 0.1) is 5.41 Å². The van der Waals surface area contributed by atoms with Crippen molar-refractivity contribution >= 4 is 34.4 Å². The van der Waals surface area contributed by atoms with Gasteiger partial charge in [-0.15, -0.1) is 0 Å². The second-order valence-corrected chi connectivity index (χ2v) is 10.5. The number of nitrogens with two attached hydrogens (primary N) is 1. The van der Waals surface area contributed by atoms with Crippen molar-refractivity contribution in [1.82, 2.24) is 30.1 Å². The third-order valence-electron chi connectivity index (χ3n) is 7.90. The number of hydrogen-bond donors (Lipinski definition) is 4. The van der Waals surface area contributed by atoms with Crippen LogP contribution in [0.3, 0.4) is 0 Å². The van der Waals surface area contributed by atoms with Gasteiger partial charge in [-0.05, 0) is 42.5 Å². The van der Waals surface area contributed by atoms with Crippen LogP contribution in [0.2, 0.25) is 0 Å². The van der Waals surface area contributed by atoms with Gasteiger partial charge in [0, 0.05) is 55.0 Å². The fourth-order valence-corrected chi connectivity index (χ4v) is 5.74. The number of allylic oxidation sites excluding steroid dienone is 5. The maximum Gasteiger partial charge on any atom is 0.245 e. The molecule has 0 bridgehead atoms. The minimum Gasteiger partial charge on any atom is -0.386 e. The van der Waals surface area contributed by atoms with Gasteiger partial charge < -0.3 is 26.7 Å². The number of carbonyl (C=O) groups is 2. The Bertz CT molecular complexity index is 1560. The smallest absolute Gasteiger partial charge is 0.245 e. The van der Waals surface area contributed by atoms with Crippen LogP contribution < -0.4 is 16.4 Å². The Labute approximate surface area is 232 Å². The van der Waals surface area contributed by atoms with E-state index < -0.39 is 6.04 Å². The number of nitrogens with one attached hydrogen (secondary N) is 3. The summed E-state index contributed by atoms with van der Waals surface area (Å²) >= 11 is 0. The minimum atomic E-state index is -0.398. The highest BCUT2D eigenvalue weighted by Gasteiger charge is 2.34. The lowest BCUT2D eigenvalue weighted by Gasteiger charge is -2.33. The first-order valence-electron chi connectivity index (χ1n) is 13.6. The fraction of sp³-hybridized carbons (Fsp3) is 0.300. The number of nitrogens with zero attached hydrogens (tertiary/aromatic N) is 4.